The predicted molar refractivity (Wildman–Crippen MR) is 74.9 cm³/mol. The fourth-order valence-corrected chi connectivity index (χ4v) is 2.78. The number of rotatable bonds is 5. The summed E-state index contributed by atoms with van der Waals surface area (Å²) >= 11 is 1.35. The Bertz CT molecular complexity index is 558. The number of aryl methyl sites for hydroxylation is 2. The molecule has 2 N–H and O–H groups in total. The Kier molecular flexibility index (Phi) is 4.27. The van der Waals surface area contributed by atoms with Crippen molar-refractivity contribution >= 4 is 23.6 Å². The van der Waals surface area contributed by atoms with Crippen LogP contribution in [0.1, 0.15) is 34.7 Å². The molecular formula is C13H17N3O3S. The van der Waals surface area contributed by atoms with Gasteiger partial charge < -0.3 is 10.4 Å². The van der Waals surface area contributed by atoms with Crippen LogP contribution in [0.2, 0.25) is 0 Å². The van der Waals surface area contributed by atoms with Gasteiger partial charge in [-0.15, -0.1) is 11.8 Å². The van der Waals surface area contributed by atoms with E-state index >= 15 is 0 Å². The highest BCUT2D eigenvalue weighted by atomic mass is 32.2. The number of aliphatic carboxylic acids is 1. The van der Waals surface area contributed by atoms with Gasteiger partial charge in [-0.3, -0.25) is 4.79 Å². The average Bonchev–Trinajstić information content (AvgIpc) is 3.18. The van der Waals surface area contributed by atoms with Crippen molar-refractivity contribution in [2.45, 2.75) is 37.8 Å². The second kappa shape index (κ2) is 5.78. The third-order valence-corrected chi connectivity index (χ3v) is 3.92. The van der Waals surface area contributed by atoms with Gasteiger partial charge in [-0.2, -0.15) is 0 Å². The standard InChI is InChI=1S/C13H17N3O3S/c1-6-9(12(20-3)15-7(2)14-6)11(17)16-10(13(18)19)8-4-5-8/h8,10H,4-5H2,1-3H3,(H,16,17)(H,18,19). The van der Waals surface area contributed by atoms with Crippen molar-refractivity contribution in [2.75, 3.05) is 6.26 Å². The number of nitrogens with zero attached hydrogens (tertiary/aromatic N) is 2. The molecular weight excluding hydrogens is 278 g/mol. The molecule has 7 heteroatoms. The highest BCUT2D eigenvalue weighted by molar-refractivity contribution is 7.98. The quantitative estimate of drug-likeness (QED) is 0.630. The van der Waals surface area contributed by atoms with E-state index in [9.17, 15) is 9.59 Å². The summed E-state index contributed by atoms with van der Waals surface area (Å²) in [7, 11) is 0. The van der Waals surface area contributed by atoms with Crippen LogP contribution in [0, 0.1) is 19.8 Å². The van der Waals surface area contributed by atoms with Gasteiger partial charge >= 0.3 is 5.97 Å². The molecule has 1 aromatic rings. The molecule has 6 nitrogen and oxygen atoms in total. The van der Waals surface area contributed by atoms with Crippen molar-refractivity contribution in [2.24, 2.45) is 5.92 Å². The maximum absolute atomic E-state index is 12.3. The lowest BCUT2D eigenvalue weighted by Gasteiger charge is -2.16. The zero-order chi connectivity index (χ0) is 14.9. The maximum Gasteiger partial charge on any atom is 0.326 e. The fraction of sp³-hybridized carbons (Fsp3) is 0.538. The molecule has 1 atom stereocenters. The monoisotopic (exact) mass is 295 g/mol. The molecule has 20 heavy (non-hydrogen) atoms. The van der Waals surface area contributed by atoms with Gasteiger partial charge in [-0.05, 0) is 38.9 Å². The molecule has 108 valence electrons. The van der Waals surface area contributed by atoms with Crippen LogP contribution < -0.4 is 5.32 Å². The fourth-order valence-electron chi connectivity index (χ4n) is 2.11. The molecule has 0 saturated heterocycles. The summed E-state index contributed by atoms with van der Waals surface area (Å²) in [5.74, 6) is -0.760. The number of aromatic nitrogens is 2. The lowest BCUT2D eigenvalue weighted by Crippen LogP contribution is -2.42. The SMILES string of the molecule is CSc1nc(C)nc(C)c1C(=O)NC(C(=O)O)C1CC1. The first-order valence-corrected chi connectivity index (χ1v) is 7.59. The molecule has 2 rings (SSSR count). The molecule has 0 aliphatic heterocycles. The summed E-state index contributed by atoms with van der Waals surface area (Å²) < 4.78 is 0. The van der Waals surface area contributed by atoms with E-state index in [-0.39, 0.29) is 5.92 Å². The summed E-state index contributed by atoms with van der Waals surface area (Å²) in [6, 6.07) is -0.821. The number of carboxylic acid groups (broad SMARTS) is 1. The highest BCUT2D eigenvalue weighted by Crippen LogP contribution is 2.33. The Morgan fingerprint density at radius 1 is 1.35 bits per heavy atom. The van der Waals surface area contributed by atoms with Gasteiger partial charge in [0.2, 0.25) is 0 Å². The van der Waals surface area contributed by atoms with E-state index in [0.717, 1.165) is 12.8 Å². The molecule has 0 spiro atoms. The van der Waals surface area contributed by atoms with Gasteiger partial charge in [0.1, 0.15) is 16.9 Å². The Hall–Kier alpha value is -1.63. The van der Waals surface area contributed by atoms with Crippen LogP contribution in [0.5, 0.6) is 0 Å². The van der Waals surface area contributed by atoms with E-state index in [1.54, 1.807) is 13.8 Å². The summed E-state index contributed by atoms with van der Waals surface area (Å²) in [4.78, 5) is 31.9. The first kappa shape index (κ1) is 14.8. The van der Waals surface area contributed by atoms with Crippen LogP contribution in [0.4, 0.5) is 0 Å². The summed E-state index contributed by atoms with van der Waals surface area (Å²) in [5, 5.41) is 12.3. The Morgan fingerprint density at radius 3 is 2.50 bits per heavy atom. The van der Waals surface area contributed by atoms with Crippen LogP contribution in [-0.4, -0.2) is 39.2 Å². The molecule has 1 heterocycles. The largest absolute Gasteiger partial charge is 0.480 e. The van der Waals surface area contributed by atoms with Gasteiger partial charge in [0.15, 0.2) is 0 Å². The van der Waals surface area contributed by atoms with Crippen LogP contribution in [0.3, 0.4) is 0 Å². The van der Waals surface area contributed by atoms with E-state index < -0.39 is 17.9 Å². The van der Waals surface area contributed by atoms with Crippen molar-refractivity contribution in [3.05, 3.63) is 17.1 Å². The third-order valence-electron chi connectivity index (χ3n) is 3.23. The molecule has 0 bridgehead atoms. The Balaban J connectivity index is 2.26. The Labute approximate surface area is 121 Å². The van der Waals surface area contributed by atoms with Crippen molar-refractivity contribution in [3.8, 4) is 0 Å². The first-order chi connectivity index (χ1) is 9.43. The average molecular weight is 295 g/mol. The van der Waals surface area contributed by atoms with E-state index in [2.05, 4.69) is 15.3 Å². The summed E-state index contributed by atoms with van der Waals surface area (Å²) in [5.41, 5.74) is 0.939. The van der Waals surface area contributed by atoms with Gasteiger partial charge in [-0.1, -0.05) is 0 Å². The molecule has 0 radical (unpaired) electrons. The highest BCUT2D eigenvalue weighted by Gasteiger charge is 2.38. The van der Waals surface area contributed by atoms with Gasteiger partial charge in [0, 0.05) is 0 Å². The van der Waals surface area contributed by atoms with Crippen molar-refractivity contribution < 1.29 is 14.7 Å². The third kappa shape index (κ3) is 3.09. The van der Waals surface area contributed by atoms with Gasteiger partial charge in [0.25, 0.3) is 5.91 Å². The molecule has 1 saturated carbocycles. The topological polar surface area (TPSA) is 92.2 Å². The van der Waals surface area contributed by atoms with Gasteiger partial charge in [0.05, 0.1) is 11.3 Å². The van der Waals surface area contributed by atoms with Crippen LogP contribution in [0.25, 0.3) is 0 Å². The molecule has 1 aliphatic rings. The summed E-state index contributed by atoms with van der Waals surface area (Å²) in [6.07, 6.45) is 3.51. The molecule has 0 aromatic carbocycles. The van der Waals surface area contributed by atoms with Crippen LogP contribution >= 0.6 is 11.8 Å². The normalized spacial score (nSPS) is 15.8. The minimum atomic E-state index is -0.989. The number of thioether (sulfide) groups is 1. The van der Waals surface area contributed by atoms with E-state index in [1.165, 1.54) is 11.8 Å². The number of carbonyl (C=O) groups excluding carboxylic acids is 1. The smallest absolute Gasteiger partial charge is 0.326 e. The maximum atomic E-state index is 12.3. The molecule has 1 fully saturated rings. The lowest BCUT2D eigenvalue weighted by atomic mass is 10.1. The number of carboxylic acids is 1. The second-order valence-electron chi connectivity index (χ2n) is 4.87. The van der Waals surface area contributed by atoms with Crippen LogP contribution in [0.15, 0.2) is 5.03 Å². The molecule has 1 amide bonds. The van der Waals surface area contributed by atoms with Crippen molar-refractivity contribution in [3.63, 3.8) is 0 Å². The molecule has 1 aliphatic carbocycles. The predicted octanol–water partition coefficient (Wildman–Crippen LogP) is 1.41. The first-order valence-electron chi connectivity index (χ1n) is 6.37. The molecule has 1 unspecified atom stereocenters. The van der Waals surface area contributed by atoms with Gasteiger partial charge in [-0.25, -0.2) is 14.8 Å². The minimum absolute atomic E-state index is 0.0425. The van der Waals surface area contributed by atoms with E-state index in [4.69, 9.17) is 5.11 Å². The van der Waals surface area contributed by atoms with E-state index in [0.29, 0.717) is 22.1 Å². The zero-order valence-corrected chi connectivity index (χ0v) is 12.5. The lowest BCUT2D eigenvalue weighted by molar-refractivity contribution is -0.139. The Morgan fingerprint density at radius 2 is 2.00 bits per heavy atom. The number of nitrogens with one attached hydrogen (secondary N) is 1. The van der Waals surface area contributed by atoms with Crippen LogP contribution in [-0.2, 0) is 4.79 Å². The molecule has 1 aromatic heterocycles. The number of carbonyl (C=O) groups is 2. The van der Waals surface area contributed by atoms with Crippen molar-refractivity contribution in [1.82, 2.24) is 15.3 Å². The number of hydrogen-bond acceptors (Lipinski definition) is 5. The van der Waals surface area contributed by atoms with E-state index in [1.807, 2.05) is 6.26 Å². The second-order valence-corrected chi connectivity index (χ2v) is 5.66. The summed E-state index contributed by atoms with van der Waals surface area (Å²) in [6.45, 7) is 3.49. The van der Waals surface area contributed by atoms with Crippen molar-refractivity contribution in [1.29, 1.82) is 0 Å². The number of hydrogen-bond donors (Lipinski definition) is 2. The zero-order valence-electron chi connectivity index (χ0n) is 11.6. The number of amides is 1. The minimum Gasteiger partial charge on any atom is -0.480 e.